The third-order valence-corrected chi connectivity index (χ3v) is 5.46. The van der Waals surface area contributed by atoms with Gasteiger partial charge in [0.15, 0.2) is 0 Å². The molecule has 0 spiro atoms. The first kappa shape index (κ1) is 22.1. The lowest BCUT2D eigenvalue weighted by molar-refractivity contribution is -0.143. The van der Waals surface area contributed by atoms with Crippen LogP contribution in [0.2, 0.25) is 0 Å². The highest BCUT2D eigenvalue weighted by molar-refractivity contribution is 5.69. The smallest absolute Gasteiger partial charge is 0.306 e. The van der Waals surface area contributed by atoms with Gasteiger partial charge in [0.05, 0.1) is 18.8 Å². The summed E-state index contributed by atoms with van der Waals surface area (Å²) in [5, 5.41) is 0. The van der Waals surface area contributed by atoms with Gasteiger partial charge in [-0.1, -0.05) is 19.1 Å². The second kappa shape index (κ2) is 10.4. The van der Waals surface area contributed by atoms with Gasteiger partial charge in [-0.25, -0.2) is 9.37 Å². The molecule has 30 heavy (non-hydrogen) atoms. The number of rotatable bonds is 9. The highest BCUT2D eigenvalue weighted by Gasteiger charge is 2.18. The van der Waals surface area contributed by atoms with Gasteiger partial charge in [-0.15, -0.1) is 0 Å². The Kier molecular flexibility index (Phi) is 7.66. The molecule has 0 N–H and O–H groups in total. The molecule has 0 bridgehead atoms. The number of carbonyl (C=O) groups is 1. The van der Waals surface area contributed by atoms with E-state index in [9.17, 15) is 9.18 Å². The molecule has 0 saturated heterocycles. The van der Waals surface area contributed by atoms with Crippen molar-refractivity contribution in [1.82, 2.24) is 4.98 Å². The van der Waals surface area contributed by atoms with Crippen LogP contribution in [0, 0.1) is 5.82 Å². The number of ether oxygens (including phenoxy) is 1. The lowest BCUT2D eigenvalue weighted by Crippen LogP contribution is -2.31. The molecule has 6 heteroatoms. The van der Waals surface area contributed by atoms with Crippen molar-refractivity contribution in [3.63, 3.8) is 0 Å². The van der Waals surface area contributed by atoms with E-state index in [1.165, 1.54) is 18.1 Å². The maximum absolute atomic E-state index is 14.5. The molecule has 0 radical (unpaired) electrons. The van der Waals surface area contributed by atoms with Gasteiger partial charge in [0.2, 0.25) is 0 Å². The van der Waals surface area contributed by atoms with E-state index in [-0.39, 0.29) is 18.2 Å². The maximum Gasteiger partial charge on any atom is 0.306 e. The summed E-state index contributed by atoms with van der Waals surface area (Å²) >= 11 is 0. The Hall–Kier alpha value is -2.63. The largest absolute Gasteiger partial charge is 0.466 e. The van der Waals surface area contributed by atoms with Crippen molar-refractivity contribution < 1.29 is 13.9 Å². The molecule has 1 aliphatic heterocycles. The highest BCUT2D eigenvalue weighted by atomic mass is 19.1. The van der Waals surface area contributed by atoms with Gasteiger partial charge < -0.3 is 14.5 Å². The van der Waals surface area contributed by atoms with Crippen LogP contribution in [0.15, 0.2) is 30.3 Å². The maximum atomic E-state index is 14.5. The van der Waals surface area contributed by atoms with E-state index in [1.54, 1.807) is 13.0 Å². The Labute approximate surface area is 178 Å². The fourth-order valence-electron chi connectivity index (χ4n) is 3.91. The number of hydrogen-bond acceptors (Lipinski definition) is 5. The minimum Gasteiger partial charge on any atom is -0.466 e. The summed E-state index contributed by atoms with van der Waals surface area (Å²) in [6, 6.07) is 9.44. The first-order valence-electron chi connectivity index (χ1n) is 10.9. The van der Waals surface area contributed by atoms with Gasteiger partial charge in [-0.2, -0.15) is 0 Å². The van der Waals surface area contributed by atoms with Crippen molar-refractivity contribution in [2.24, 2.45) is 0 Å². The number of aryl methyl sites for hydroxylation is 2. The lowest BCUT2D eigenvalue weighted by atomic mass is 10.0. The number of pyridine rings is 1. The molecular formula is C24H32FN3O2. The van der Waals surface area contributed by atoms with Gasteiger partial charge in [-0.3, -0.25) is 4.79 Å². The normalized spacial score (nSPS) is 13.1. The minimum atomic E-state index is -0.298. The zero-order chi connectivity index (χ0) is 21.5. The second-order valence-electron chi connectivity index (χ2n) is 7.81. The predicted octanol–water partition coefficient (Wildman–Crippen LogP) is 4.52. The quantitative estimate of drug-likeness (QED) is 0.566. The molecule has 3 rings (SSSR count). The number of fused-ring (bicyclic) bond motifs is 1. The van der Waals surface area contributed by atoms with Crippen molar-refractivity contribution in [2.75, 3.05) is 36.5 Å². The topological polar surface area (TPSA) is 45.7 Å². The summed E-state index contributed by atoms with van der Waals surface area (Å²) < 4.78 is 19.5. The van der Waals surface area contributed by atoms with Crippen LogP contribution in [-0.2, 0) is 28.9 Å². The molecule has 1 aromatic carbocycles. The molecule has 2 heterocycles. The minimum absolute atomic E-state index is 0.188. The summed E-state index contributed by atoms with van der Waals surface area (Å²) in [5.74, 6) is 0.513. The standard InChI is InChI=1S/C24H32FN3O2/c1-4-14-28-15-6-7-19-8-11-20(26-24(19)28)17-27(3)21-12-9-18(22(25)16-21)10-13-23(29)30-5-2/h8-9,11-12,16H,4-7,10,13-15,17H2,1-3H3. The fraction of sp³-hybridized carbons (Fsp3) is 0.500. The van der Waals surface area contributed by atoms with E-state index < -0.39 is 0 Å². The number of hydrogen-bond donors (Lipinski definition) is 0. The van der Waals surface area contributed by atoms with E-state index in [2.05, 4.69) is 24.0 Å². The summed E-state index contributed by atoms with van der Waals surface area (Å²) in [4.78, 5) is 20.8. The molecule has 1 aromatic heterocycles. The number of aromatic nitrogens is 1. The average Bonchev–Trinajstić information content (AvgIpc) is 2.73. The van der Waals surface area contributed by atoms with Crippen molar-refractivity contribution in [1.29, 1.82) is 0 Å². The van der Waals surface area contributed by atoms with Crippen LogP contribution >= 0.6 is 0 Å². The molecule has 0 unspecified atom stereocenters. The van der Waals surface area contributed by atoms with E-state index >= 15 is 0 Å². The Balaban J connectivity index is 1.67. The van der Waals surface area contributed by atoms with Crippen LogP contribution in [0.4, 0.5) is 15.9 Å². The monoisotopic (exact) mass is 413 g/mol. The molecule has 5 nitrogen and oxygen atoms in total. The summed E-state index contributed by atoms with van der Waals surface area (Å²) in [6.45, 7) is 6.99. The van der Waals surface area contributed by atoms with Crippen LogP contribution < -0.4 is 9.80 Å². The molecule has 1 aliphatic rings. The number of nitrogens with zero attached hydrogens (tertiary/aromatic N) is 3. The Morgan fingerprint density at radius 1 is 1.27 bits per heavy atom. The molecule has 0 amide bonds. The van der Waals surface area contributed by atoms with Gasteiger partial charge >= 0.3 is 5.97 Å². The second-order valence-corrected chi connectivity index (χ2v) is 7.81. The summed E-state index contributed by atoms with van der Waals surface area (Å²) in [7, 11) is 1.94. The van der Waals surface area contributed by atoms with Crippen molar-refractivity contribution in [3.8, 4) is 0 Å². The third-order valence-electron chi connectivity index (χ3n) is 5.46. The van der Waals surface area contributed by atoms with Gasteiger partial charge in [0.1, 0.15) is 11.6 Å². The number of anilines is 2. The van der Waals surface area contributed by atoms with Crippen molar-refractivity contribution >= 4 is 17.5 Å². The SMILES string of the molecule is CCCN1CCCc2ccc(CN(C)c3ccc(CCC(=O)OCC)c(F)c3)nc21. The first-order chi connectivity index (χ1) is 14.5. The van der Waals surface area contributed by atoms with Crippen LogP contribution in [0.5, 0.6) is 0 Å². The van der Waals surface area contributed by atoms with E-state index in [0.717, 1.165) is 43.1 Å². The third kappa shape index (κ3) is 5.49. The lowest BCUT2D eigenvalue weighted by Gasteiger charge is -2.30. The highest BCUT2D eigenvalue weighted by Crippen LogP contribution is 2.26. The molecular weight excluding hydrogens is 381 g/mol. The number of benzene rings is 1. The van der Waals surface area contributed by atoms with Crippen LogP contribution in [-0.4, -0.2) is 37.7 Å². The predicted molar refractivity (Wildman–Crippen MR) is 119 cm³/mol. The molecule has 0 atom stereocenters. The number of esters is 1. The average molecular weight is 414 g/mol. The molecule has 0 saturated carbocycles. The van der Waals surface area contributed by atoms with E-state index in [4.69, 9.17) is 9.72 Å². The fourth-order valence-corrected chi connectivity index (χ4v) is 3.91. The van der Waals surface area contributed by atoms with Crippen LogP contribution in [0.3, 0.4) is 0 Å². The summed E-state index contributed by atoms with van der Waals surface area (Å²) in [6.07, 6.45) is 3.89. The Morgan fingerprint density at radius 3 is 2.83 bits per heavy atom. The zero-order valence-corrected chi connectivity index (χ0v) is 18.3. The zero-order valence-electron chi connectivity index (χ0n) is 18.3. The van der Waals surface area contributed by atoms with E-state index in [1.807, 2.05) is 18.0 Å². The molecule has 162 valence electrons. The van der Waals surface area contributed by atoms with Gasteiger partial charge in [-0.05, 0) is 61.9 Å². The van der Waals surface area contributed by atoms with Gasteiger partial charge in [0, 0.05) is 32.2 Å². The van der Waals surface area contributed by atoms with Crippen LogP contribution in [0.25, 0.3) is 0 Å². The van der Waals surface area contributed by atoms with E-state index in [0.29, 0.717) is 25.1 Å². The number of carbonyl (C=O) groups excluding carboxylic acids is 1. The van der Waals surface area contributed by atoms with Crippen molar-refractivity contribution in [2.45, 2.75) is 52.5 Å². The van der Waals surface area contributed by atoms with Crippen LogP contribution in [0.1, 0.15) is 49.9 Å². The molecule has 0 aliphatic carbocycles. The Morgan fingerprint density at radius 2 is 2.10 bits per heavy atom. The van der Waals surface area contributed by atoms with Gasteiger partial charge in [0.25, 0.3) is 0 Å². The molecule has 0 fully saturated rings. The van der Waals surface area contributed by atoms with Crippen molar-refractivity contribution in [3.05, 3.63) is 53.0 Å². The molecule has 2 aromatic rings. The summed E-state index contributed by atoms with van der Waals surface area (Å²) in [5.41, 5.74) is 3.61. The Bertz CT molecular complexity index is 872. The number of halogens is 1. The first-order valence-corrected chi connectivity index (χ1v) is 10.9.